The van der Waals surface area contributed by atoms with Crippen molar-refractivity contribution in [2.45, 2.75) is 33.6 Å². The van der Waals surface area contributed by atoms with Gasteiger partial charge in [0.15, 0.2) is 0 Å². The number of ketones is 1. The minimum Gasteiger partial charge on any atom is -0.493 e. The van der Waals surface area contributed by atoms with Crippen LogP contribution in [0.15, 0.2) is 18.2 Å². The molecule has 4 nitrogen and oxygen atoms in total. The molecule has 0 N–H and O–H groups in total. The van der Waals surface area contributed by atoms with Gasteiger partial charge in [-0.05, 0) is 37.5 Å². The predicted octanol–water partition coefficient (Wildman–Crippen LogP) is 2.95. The number of Topliss-reactive ketones (excluding diaryl/α,β-unsaturated/α-hetero) is 1. The molecule has 0 fully saturated rings. The third kappa shape index (κ3) is 3.81. The maximum Gasteiger partial charge on any atom is 0.379 e. The first-order chi connectivity index (χ1) is 9.01. The molecular formula is C15H20O4. The summed E-state index contributed by atoms with van der Waals surface area (Å²) in [5, 5.41) is 0. The van der Waals surface area contributed by atoms with Gasteiger partial charge in [-0.2, -0.15) is 0 Å². The Balaban J connectivity index is 3.16. The van der Waals surface area contributed by atoms with E-state index in [0.717, 1.165) is 5.56 Å². The average molecular weight is 264 g/mol. The molecule has 1 rings (SSSR count). The Hall–Kier alpha value is -1.84. The summed E-state index contributed by atoms with van der Waals surface area (Å²) in [5.41, 5.74) is 1.25. The molecule has 0 amide bonds. The molecule has 0 saturated carbocycles. The molecule has 1 aromatic carbocycles. The fraction of sp³-hybridized carbons (Fsp3) is 0.467. The zero-order valence-corrected chi connectivity index (χ0v) is 11.9. The van der Waals surface area contributed by atoms with E-state index in [1.54, 1.807) is 19.1 Å². The second kappa shape index (κ2) is 6.92. The molecule has 4 heteroatoms. The lowest BCUT2D eigenvalue weighted by atomic mass is 9.98. The van der Waals surface area contributed by atoms with Crippen LogP contribution in [0.3, 0.4) is 0 Å². The Morgan fingerprint density at radius 3 is 2.37 bits per heavy atom. The molecule has 104 valence electrons. The molecule has 1 aromatic rings. The zero-order chi connectivity index (χ0) is 14.4. The van der Waals surface area contributed by atoms with Crippen LogP contribution in [0, 0.1) is 0 Å². The first-order valence-corrected chi connectivity index (χ1v) is 6.49. The van der Waals surface area contributed by atoms with Crippen molar-refractivity contribution in [1.29, 1.82) is 0 Å². The highest BCUT2D eigenvalue weighted by molar-refractivity contribution is 6.41. The molecule has 0 radical (unpaired) electrons. The van der Waals surface area contributed by atoms with Gasteiger partial charge < -0.3 is 9.47 Å². The van der Waals surface area contributed by atoms with Crippen LogP contribution in [0.4, 0.5) is 0 Å². The first-order valence-electron chi connectivity index (χ1n) is 6.49. The van der Waals surface area contributed by atoms with Crippen molar-refractivity contribution in [2.75, 3.05) is 13.2 Å². The van der Waals surface area contributed by atoms with E-state index in [1.165, 1.54) is 0 Å². The van der Waals surface area contributed by atoms with Crippen molar-refractivity contribution in [3.8, 4) is 5.75 Å². The first kappa shape index (κ1) is 15.2. The van der Waals surface area contributed by atoms with Crippen molar-refractivity contribution in [2.24, 2.45) is 0 Å². The van der Waals surface area contributed by atoms with E-state index in [2.05, 4.69) is 0 Å². The van der Waals surface area contributed by atoms with E-state index < -0.39 is 11.8 Å². The standard InChI is InChI=1S/C15H20O4/c1-5-18-13-8-7-11(10(3)4)9-12(13)14(16)15(17)19-6-2/h7-10H,5-6H2,1-4H3. The van der Waals surface area contributed by atoms with Crippen LogP contribution < -0.4 is 4.74 Å². The summed E-state index contributed by atoms with van der Waals surface area (Å²) in [5.74, 6) is -0.813. The maximum absolute atomic E-state index is 12.1. The van der Waals surface area contributed by atoms with Crippen LogP contribution in [0.25, 0.3) is 0 Å². The molecule has 0 aliphatic rings. The Kier molecular flexibility index (Phi) is 5.55. The van der Waals surface area contributed by atoms with Gasteiger partial charge in [0.25, 0.3) is 5.78 Å². The van der Waals surface area contributed by atoms with Crippen molar-refractivity contribution in [3.63, 3.8) is 0 Å². The van der Waals surface area contributed by atoms with Crippen molar-refractivity contribution in [3.05, 3.63) is 29.3 Å². The van der Waals surface area contributed by atoms with Gasteiger partial charge in [-0.1, -0.05) is 19.9 Å². The molecule has 0 aliphatic carbocycles. The molecule has 0 heterocycles. The third-order valence-electron chi connectivity index (χ3n) is 2.68. The van der Waals surface area contributed by atoms with Crippen LogP contribution in [-0.4, -0.2) is 25.0 Å². The molecule has 0 spiro atoms. The van der Waals surface area contributed by atoms with Gasteiger partial charge in [0.05, 0.1) is 18.8 Å². The number of hydrogen-bond donors (Lipinski definition) is 0. The van der Waals surface area contributed by atoms with E-state index in [-0.39, 0.29) is 18.1 Å². The van der Waals surface area contributed by atoms with Crippen molar-refractivity contribution in [1.82, 2.24) is 0 Å². The molecule has 0 aliphatic heterocycles. The topological polar surface area (TPSA) is 52.6 Å². The summed E-state index contributed by atoms with van der Waals surface area (Å²) in [7, 11) is 0. The van der Waals surface area contributed by atoms with Gasteiger partial charge in [0.1, 0.15) is 5.75 Å². The van der Waals surface area contributed by atoms with E-state index >= 15 is 0 Å². The molecule has 0 saturated heterocycles. The minimum absolute atomic E-state index is 0.179. The molecule has 0 bridgehead atoms. The van der Waals surface area contributed by atoms with Gasteiger partial charge >= 0.3 is 5.97 Å². The summed E-state index contributed by atoms with van der Waals surface area (Å²) in [6.07, 6.45) is 0. The second-order valence-electron chi connectivity index (χ2n) is 4.39. The normalized spacial score (nSPS) is 10.4. The van der Waals surface area contributed by atoms with Gasteiger partial charge in [-0.25, -0.2) is 4.79 Å². The smallest absolute Gasteiger partial charge is 0.379 e. The van der Waals surface area contributed by atoms with E-state index in [9.17, 15) is 9.59 Å². The summed E-state index contributed by atoms with van der Waals surface area (Å²) in [6.45, 7) is 8.15. The molecule has 0 aromatic heterocycles. The van der Waals surface area contributed by atoms with Crippen LogP contribution in [0.2, 0.25) is 0 Å². The molecule has 0 atom stereocenters. The highest BCUT2D eigenvalue weighted by atomic mass is 16.5. The SMILES string of the molecule is CCOC(=O)C(=O)c1cc(C(C)C)ccc1OCC. The second-order valence-corrected chi connectivity index (χ2v) is 4.39. The lowest BCUT2D eigenvalue weighted by molar-refractivity contribution is -0.137. The zero-order valence-electron chi connectivity index (χ0n) is 11.9. The van der Waals surface area contributed by atoms with Crippen LogP contribution in [0.5, 0.6) is 5.75 Å². The fourth-order valence-corrected chi connectivity index (χ4v) is 1.67. The molecule has 0 unspecified atom stereocenters. The lowest BCUT2D eigenvalue weighted by Gasteiger charge is -2.12. The Bertz CT molecular complexity index is 463. The largest absolute Gasteiger partial charge is 0.493 e. The van der Waals surface area contributed by atoms with Crippen LogP contribution in [0.1, 0.15) is 49.5 Å². The van der Waals surface area contributed by atoms with Crippen LogP contribution >= 0.6 is 0 Å². The molecule has 19 heavy (non-hydrogen) atoms. The van der Waals surface area contributed by atoms with E-state index in [0.29, 0.717) is 12.4 Å². The van der Waals surface area contributed by atoms with Crippen molar-refractivity contribution >= 4 is 11.8 Å². The quantitative estimate of drug-likeness (QED) is 0.450. The van der Waals surface area contributed by atoms with Gasteiger partial charge in [0.2, 0.25) is 0 Å². The maximum atomic E-state index is 12.1. The predicted molar refractivity (Wildman–Crippen MR) is 72.7 cm³/mol. The van der Waals surface area contributed by atoms with Gasteiger partial charge in [0, 0.05) is 0 Å². The summed E-state index contributed by atoms with van der Waals surface area (Å²) in [4.78, 5) is 23.6. The number of rotatable bonds is 6. The average Bonchev–Trinajstić information content (AvgIpc) is 2.38. The van der Waals surface area contributed by atoms with E-state index in [1.807, 2.05) is 26.8 Å². The fourth-order valence-electron chi connectivity index (χ4n) is 1.67. The number of ether oxygens (including phenoxy) is 2. The Morgan fingerprint density at radius 2 is 1.84 bits per heavy atom. The number of carbonyl (C=O) groups is 2. The third-order valence-corrected chi connectivity index (χ3v) is 2.68. The number of esters is 1. The summed E-state index contributed by atoms with van der Waals surface area (Å²) >= 11 is 0. The lowest BCUT2D eigenvalue weighted by Crippen LogP contribution is -2.19. The summed E-state index contributed by atoms with van der Waals surface area (Å²) in [6, 6.07) is 5.33. The Morgan fingerprint density at radius 1 is 1.16 bits per heavy atom. The highest BCUT2D eigenvalue weighted by Gasteiger charge is 2.22. The minimum atomic E-state index is -0.843. The van der Waals surface area contributed by atoms with E-state index in [4.69, 9.17) is 9.47 Å². The molecular weight excluding hydrogens is 244 g/mol. The van der Waals surface area contributed by atoms with Gasteiger partial charge in [-0.15, -0.1) is 0 Å². The van der Waals surface area contributed by atoms with Gasteiger partial charge in [-0.3, -0.25) is 4.79 Å². The highest BCUT2D eigenvalue weighted by Crippen LogP contribution is 2.25. The Labute approximate surface area is 113 Å². The summed E-state index contributed by atoms with van der Waals surface area (Å²) < 4.78 is 10.1. The number of carbonyl (C=O) groups excluding carboxylic acids is 2. The number of hydrogen-bond acceptors (Lipinski definition) is 4. The monoisotopic (exact) mass is 264 g/mol. The van der Waals surface area contributed by atoms with Crippen LogP contribution in [-0.2, 0) is 9.53 Å². The number of benzene rings is 1. The van der Waals surface area contributed by atoms with Crippen molar-refractivity contribution < 1.29 is 19.1 Å².